The molecule has 0 heterocycles. The van der Waals surface area contributed by atoms with Crippen molar-refractivity contribution in [3.05, 3.63) is 0 Å². The summed E-state index contributed by atoms with van der Waals surface area (Å²) < 4.78 is 14.4. The van der Waals surface area contributed by atoms with Crippen molar-refractivity contribution in [2.45, 2.75) is 27.7 Å². The Bertz CT molecular complexity index is 165. The van der Waals surface area contributed by atoms with Crippen LogP contribution in [-0.2, 0) is 0 Å². The van der Waals surface area contributed by atoms with E-state index in [0.29, 0.717) is 0 Å². The lowest BCUT2D eigenvalue weighted by molar-refractivity contribution is 0.250. The Kier molecular flexibility index (Phi) is 0.795. The van der Waals surface area contributed by atoms with Crippen molar-refractivity contribution in [2.24, 2.45) is 16.7 Å². The fraction of sp³-hybridized carbons (Fsp3) is 1.00. The quantitative estimate of drug-likeness (QED) is 0.572. The zero-order chi connectivity index (χ0) is 9.08. The molecular formula is C8H16O. The molecule has 1 fully saturated rings. The average Bonchev–Trinajstić information content (AvgIpc) is 1.93. The normalized spacial score (nSPS) is 35.2. The summed E-state index contributed by atoms with van der Waals surface area (Å²) in [6.07, 6.45) is 0. The highest BCUT2D eigenvalue weighted by atomic mass is 16.3. The van der Waals surface area contributed by atoms with E-state index in [1.165, 1.54) is 0 Å². The molecule has 0 aliphatic heterocycles. The average molecular weight is 130 g/mol. The molecule has 0 saturated heterocycles. The summed E-state index contributed by atoms with van der Waals surface area (Å²) in [5.41, 5.74) is -0.156. The Hall–Kier alpha value is -0.0400. The van der Waals surface area contributed by atoms with Crippen LogP contribution >= 0.6 is 0 Å². The zero-order valence-electron chi connectivity index (χ0n) is 8.52. The molecule has 1 saturated carbocycles. The first-order valence-corrected chi connectivity index (χ1v) is 3.34. The fourth-order valence-electron chi connectivity index (χ4n) is 1.52. The fourth-order valence-corrected chi connectivity index (χ4v) is 1.52. The van der Waals surface area contributed by atoms with Crippen LogP contribution in [0.4, 0.5) is 0 Å². The highest BCUT2D eigenvalue weighted by Gasteiger charge is 2.63. The van der Waals surface area contributed by atoms with Gasteiger partial charge in [-0.25, -0.2) is 0 Å². The maximum Gasteiger partial charge on any atom is 0.0567 e. The van der Waals surface area contributed by atoms with Crippen molar-refractivity contribution in [3.8, 4) is 0 Å². The Morgan fingerprint density at radius 3 is 1.67 bits per heavy atom. The third-order valence-corrected chi connectivity index (χ3v) is 3.15. The molecule has 1 heteroatoms. The monoisotopic (exact) mass is 130 g/mol. The second kappa shape index (κ2) is 1.51. The van der Waals surface area contributed by atoms with Gasteiger partial charge in [0.2, 0.25) is 0 Å². The van der Waals surface area contributed by atoms with Crippen LogP contribution < -0.4 is 0 Å². The van der Waals surface area contributed by atoms with Crippen molar-refractivity contribution in [2.75, 3.05) is 6.56 Å². The molecule has 0 radical (unpaired) electrons. The van der Waals surface area contributed by atoms with E-state index in [1.54, 1.807) is 0 Å². The summed E-state index contributed by atoms with van der Waals surface area (Å²) in [6, 6.07) is 0. The Morgan fingerprint density at radius 2 is 1.67 bits per heavy atom. The van der Waals surface area contributed by atoms with Gasteiger partial charge in [-0.2, -0.15) is 0 Å². The standard InChI is InChI=1S/C8H16O/c1-7(2)6(5-9)8(7,3)4/h6,9H,5H2,1-4H3/i5D2. The molecule has 1 rings (SSSR count). The second-order valence-electron chi connectivity index (χ2n) is 4.01. The van der Waals surface area contributed by atoms with E-state index in [2.05, 4.69) is 0 Å². The minimum atomic E-state index is -2.02. The predicted octanol–water partition coefficient (Wildman–Crippen LogP) is 1.66. The van der Waals surface area contributed by atoms with Crippen LogP contribution in [-0.4, -0.2) is 11.7 Å². The van der Waals surface area contributed by atoms with E-state index >= 15 is 0 Å². The van der Waals surface area contributed by atoms with Crippen LogP contribution in [0.2, 0.25) is 0 Å². The third-order valence-electron chi connectivity index (χ3n) is 3.15. The Morgan fingerprint density at radius 1 is 1.33 bits per heavy atom. The van der Waals surface area contributed by atoms with Gasteiger partial charge in [0.05, 0.1) is 2.74 Å². The van der Waals surface area contributed by atoms with Crippen molar-refractivity contribution < 1.29 is 7.85 Å². The first kappa shape index (κ1) is 4.73. The molecule has 0 aromatic rings. The first-order chi connectivity index (χ1) is 4.62. The van der Waals surface area contributed by atoms with E-state index in [0.717, 1.165) is 0 Å². The number of hydrogen-bond acceptors (Lipinski definition) is 1. The topological polar surface area (TPSA) is 20.2 Å². The van der Waals surface area contributed by atoms with Gasteiger partial charge in [-0.05, 0) is 16.7 Å². The van der Waals surface area contributed by atoms with E-state index in [4.69, 9.17) is 7.85 Å². The van der Waals surface area contributed by atoms with Crippen molar-refractivity contribution >= 4 is 0 Å². The lowest BCUT2D eigenvalue weighted by Crippen LogP contribution is -1.95. The van der Waals surface area contributed by atoms with Gasteiger partial charge in [-0.1, -0.05) is 27.7 Å². The van der Waals surface area contributed by atoms with Crippen molar-refractivity contribution in [1.82, 2.24) is 0 Å². The molecule has 1 aliphatic rings. The molecule has 1 aliphatic carbocycles. The summed E-state index contributed by atoms with van der Waals surface area (Å²) in [4.78, 5) is 0. The summed E-state index contributed by atoms with van der Waals surface area (Å²) >= 11 is 0. The molecule has 0 aromatic heterocycles. The minimum Gasteiger partial charge on any atom is -0.396 e. The molecular weight excluding hydrogens is 112 g/mol. The van der Waals surface area contributed by atoms with Crippen molar-refractivity contribution in [1.29, 1.82) is 0 Å². The van der Waals surface area contributed by atoms with Gasteiger partial charge >= 0.3 is 0 Å². The first-order valence-electron chi connectivity index (χ1n) is 4.34. The van der Waals surface area contributed by atoms with Gasteiger partial charge in [-0.15, -0.1) is 0 Å². The number of rotatable bonds is 1. The lowest BCUT2D eigenvalue weighted by Gasteiger charge is -2.04. The van der Waals surface area contributed by atoms with Crippen LogP contribution in [0.1, 0.15) is 30.4 Å². The highest BCUT2D eigenvalue weighted by molar-refractivity contribution is 5.11. The summed E-state index contributed by atoms with van der Waals surface area (Å²) in [5.74, 6) is -0.234. The number of hydrogen-bond donors (Lipinski definition) is 1. The lowest BCUT2D eigenvalue weighted by atomic mass is 10.0. The van der Waals surface area contributed by atoms with E-state index < -0.39 is 6.56 Å². The summed E-state index contributed by atoms with van der Waals surface area (Å²) in [6.45, 7) is 5.95. The van der Waals surface area contributed by atoms with Crippen LogP contribution in [0.5, 0.6) is 0 Å². The molecule has 1 nitrogen and oxygen atoms in total. The van der Waals surface area contributed by atoms with E-state index in [1.807, 2.05) is 27.7 Å². The zero-order valence-corrected chi connectivity index (χ0v) is 6.52. The van der Waals surface area contributed by atoms with Gasteiger partial charge in [-0.3, -0.25) is 0 Å². The highest BCUT2D eigenvalue weighted by Crippen LogP contribution is 2.67. The van der Waals surface area contributed by atoms with Gasteiger partial charge in [0.15, 0.2) is 0 Å². The number of aliphatic hydroxyl groups is 1. The second-order valence-corrected chi connectivity index (χ2v) is 4.01. The largest absolute Gasteiger partial charge is 0.396 e. The van der Waals surface area contributed by atoms with Gasteiger partial charge in [0, 0.05) is 6.56 Å². The molecule has 0 spiro atoms. The maximum absolute atomic E-state index is 9.16. The van der Waals surface area contributed by atoms with Crippen LogP contribution in [0.25, 0.3) is 0 Å². The molecule has 0 aromatic carbocycles. The van der Waals surface area contributed by atoms with Gasteiger partial charge < -0.3 is 5.11 Å². The molecule has 1 N–H and O–H groups in total. The van der Waals surface area contributed by atoms with Crippen LogP contribution in [0.3, 0.4) is 0 Å². The third kappa shape index (κ3) is 0.644. The molecule has 0 unspecified atom stereocenters. The molecule has 9 heavy (non-hydrogen) atoms. The smallest absolute Gasteiger partial charge is 0.0567 e. The predicted molar refractivity (Wildman–Crippen MR) is 38.1 cm³/mol. The molecule has 0 amide bonds. The van der Waals surface area contributed by atoms with Gasteiger partial charge in [0.25, 0.3) is 0 Å². The SMILES string of the molecule is [2H]C([2H])(O)C1C(C)(C)C1(C)C. The summed E-state index contributed by atoms with van der Waals surface area (Å²) in [7, 11) is 0. The van der Waals surface area contributed by atoms with Crippen LogP contribution in [0, 0.1) is 16.7 Å². The Balaban J connectivity index is 2.84. The molecule has 0 atom stereocenters. The van der Waals surface area contributed by atoms with E-state index in [-0.39, 0.29) is 16.7 Å². The summed E-state index contributed by atoms with van der Waals surface area (Å²) in [5, 5.41) is 9.16. The Labute approximate surface area is 59.9 Å². The molecule has 54 valence electrons. The van der Waals surface area contributed by atoms with Crippen LogP contribution in [0.15, 0.2) is 0 Å². The van der Waals surface area contributed by atoms with E-state index in [9.17, 15) is 0 Å². The minimum absolute atomic E-state index is 0.0781. The van der Waals surface area contributed by atoms with Gasteiger partial charge in [0.1, 0.15) is 0 Å². The maximum atomic E-state index is 9.16. The van der Waals surface area contributed by atoms with Crippen molar-refractivity contribution in [3.63, 3.8) is 0 Å². The molecule has 0 bridgehead atoms.